The first-order valence-electron chi connectivity index (χ1n) is 8.18. The molecule has 114 valence electrons. The van der Waals surface area contributed by atoms with Crippen molar-refractivity contribution in [1.29, 1.82) is 0 Å². The standard InChI is InChI=1S/C18H24O3/c1-18-7-6-13-12-5-3-11(19)8-10(12)2-4-14(13)15(18)9-16(20)17(18)21/h3,5,8,13-17,19-21H,2,4,6-7,9H2,1H3/t13-,14-,15-,16-,17+,18+/m1/s1. The van der Waals surface area contributed by atoms with Crippen LogP contribution in [0.15, 0.2) is 18.2 Å². The maximum absolute atomic E-state index is 10.4. The molecule has 3 nitrogen and oxygen atoms in total. The van der Waals surface area contributed by atoms with Crippen LogP contribution in [-0.4, -0.2) is 27.5 Å². The average Bonchev–Trinajstić information content (AvgIpc) is 2.70. The van der Waals surface area contributed by atoms with Crippen LogP contribution >= 0.6 is 0 Å². The van der Waals surface area contributed by atoms with Crippen molar-refractivity contribution in [2.24, 2.45) is 17.3 Å². The maximum atomic E-state index is 10.4. The smallest absolute Gasteiger partial charge is 0.115 e. The maximum Gasteiger partial charge on any atom is 0.115 e. The molecule has 0 spiro atoms. The molecule has 0 amide bonds. The predicted octanol–water partition coefficient (Wildman–Crippen LogP) is 2.58. The van der Waals surface area contributed by atoms with Crippen molar-refractivity contribution >= 4 is 0 Å². The molecular weight excluding hydrogens is 264 g/mol. The molecule has 1 aromatic carbocycles. The molecule has 0 heterocycles. The Bertz CT molecular complexity index is 570. The topological polar surface area (TPSA) is 60.7 Å². The SMILES string of the molecule is C[C@]12CC[C@@H]3c4ccc(O)cc4CC[C@H]3[C@H]1C[C@@H](O)[C@@H]2O. The highest BCUT2D eigenvalue weighted by Crippen LogP contribution is 2.60. The molecule has 0 radical (unpaired) electrons. The third-order valence-electron chi connectivity index (χ3n) is 6.68. The molecule has 3 heteroatoms. The Balaban J connectivity index is 1.71. The van der Waals surface area contributed by atoms with Gasteiger partial charge in [0.1, 0.15) is 5.75 Å². The second kappa shape index (κ2) is 4.47. The summed E-state index contributed by atoms with van der Waals surface area (Å²) >= 11 is 0. The van der Waals surface area contributed by atoms with Gasteiger partial charge in [-0.2, -0.15) is 0 Å². The zero-order chi connectivity index (χ0) is 14.8. The molecule has 0 bridgehead atoms. The summed E-state index contributed by atoms with van der Waals surface area (Å²) in [4.78, 5) is 0. The predicted molar refractivity (Wildman–Crippen MR) is 80.1 cm³/mol. The van der Waals surface area contributed by atoms with Gasteiger partial charge >= 0.3 is 0 Å². The number of hydrogen-bond acceptors (Lipinski definition) is 3. The summed E-state index contributed by atoms with van der Waals surface area (Å²) in [6.45, 7) is 2.17. The Morgan fingerprint density at radius 3 is 2.81 bits per heavy atom. The van der Waals surface area contributed by atoms with Crippen LogP contribution in [0.1, 0.15) is 49.7 Å². The lowest BCUT2D eigenvalue weighted by molar-refractivity contribution is -0.0505. The van der Waals surface area contributed by atoms with Gasteiger partial charge in [0, 0.05) is 0 Å². The number of hydrogen-bond donors (Lipinski definition) is 3. The van der Waals surface area contributed by atoms with Crippen molar-refractivity contribution in [3.05, 3.63) is 29.3 Å². The molecule has 1 aromatic rings. The summed E-state index contributed by atoms with van der Waals surface area (Å²) in [5, 5.41) is 30.2. The minimum absolute atomic E-state index is 0.116. The molecule has 4 rings (SSSR count). The highest BCUT2D eigenvalue weighted by molar-refractivity contribution is 5.40. The third-order valence-corrected chi connectivity index (χ3v) is 6.68. The first kappa shape index (κ1) is 13.6. The van der Waals surface area contributed by atoms with E-state index in [-0.39, 0.29) is 5.41 Å². The Hall–Kier alpha value is -1.06. The summed E-state index contributed by atoms with van der Waals surface area (Å²) in [6, 6.07) is 5.80. The summed E-state index contributed by atoms with van der Waals surface area (Å²) < 4.78 is 0. The van der Waals surface area contributed by atoms with Crippen LogP contribution in [0.4, 0.5) is 0 Å². The molecule has 3 N–H and O–H groups in total. The van der Waals surface area contributed by atoms with E-state index < -0.39 is 12.2 Å². The minimum atomic E-state index is -0.565. The first-order valence-corrected chi connectivity index (χ1v) is 8.18. The fourth-order valence-corrected chi connectivity index (χ4v) is 5.56. The lowest BCUT2D eigenvalue weighted by atomic mass is 9.55. The molecule has 2 fully saturated rings. The quantitative estimate of drug-likeness (QED) is 0.687. The molecule has 0 aromatic heterocycles. The average molecular weight is 288 g/mol. The summed E-state index contributed by atoms with van der Waals surface area (Å²) in [5.74, 6) is 1.88. The van der Waals surface area contributed by atoms with E-state index in [1.54, 1.807) is 6.07 Å². The minimum Gasteiger partial charge on any atom is -0.508 e. The van der Waals surface area contributed by atoms with Crippen LogP contribution in [0.25, 0.3) is 0 Å². The molecule has 21 heavy (non-hydrogen) atoms. The summed E-state index contributed by atoms with van der Waals surface area (Å²) in [6.07, 6.45) is 3.80. The fourth-order valence-electron chi connectivity index (χ4n) is 5.56. The van der Waals surface area contributed by atoms with Crippen LogP contribution in [0.2, 0.25) is 0 Å². The number of aromatic hydroxyl groups is 1. The van der Waals surface area contributed by atoms with E-state index in [9.17, 15) is 15.3 Å². The molecule has 3 aliphatic rings. The van der Waals surface area contributed by atoms with Gasteiger partial charge in [0.05, 0.1) is 12.2 Å². The number of phenols is 1. The number of benzene rings is 1. The van der Waals surface area contributed by atoms with E-state index >= 15 is 0 Å². The van der Waals surface area contributed by atoms with Crippen molar-refractivity contribution in [3.8, 4) is 5.75 Å². The molecule has 6 atom stereocenters. The van der Waals surface area contributed by atoms with Crippen LogP contribution in [0.3, 0.4) is 0 Å². The van der Waals surface area contributed by atoms with Crippen molar-refractivity contribution in [3.63, 3.8) is 0 Å². The van der Waals surface area contributed by atoms with E-state index in [0.717, 1.165) is 32.1 Å². The van der Waals surface area contributed by atoms with Crippen LogP contribution in [0, 0.1) is 17.3 Å². The van der Waals surface area contributed by atoms with Crippen molar-refractivity contribution in [1.82, 2.24) is 0 Å². The molecular formula is C18H24O3. The second-order valence-electron chi connectivity index (χ2n) is 7.59. The van der Waals surface area contributed by atoms with Gasteiger partial charge in [0.15, 0.2) is 0 Å². The van der Waals surface area contributed by atoms with Gasteiger partial charge in [0.2, 0.25) is 0 Å². The fraction of sp³-hybridized carbons (Fsp3) is 0.667. The zero-order valence-electron chi connectivity index (χ0n) is 12.5. The Kier molecular flexibility index (Phi) is 2.89. The summed E-state index contributed by atoms with van der Waals surface area (Å²) in [7, 11) is 0. The zero-order valence-corrected chi connectivity index (χ0v) is 12.5. The number of rotatable bonds is 0. The monoisotopic (exact) mass is 288 g/mol. The van der Waals surface area contributed by atoms with E-state index in [4.69, 9.17) is 0 Å². The first-order chi connectivity index (χ1) is 10.0. The lowest BCUT2D eigenvalue weighted by Crippen LogP contribution is -2.44. The Morgan fingerprint density at radius 1 is 1.19 bits per heavy atom. The molecule has 2 saturated carbocycles. The van der Waals surface area contributed by atoms with Crippen LogP contribution in [-0.2, 0) is 6.42 Å². The number of fused-ring (bicyclic) bond motifs is 5. The van der Waals surface area contributed by atoms with Crippen molar-refractivity contribution in [2.45, 2.75) is 57.2 Å². The van der Waals surface area contributed by atoms with Gasteiger partial charge in [0.25, 0.3) is 0 Å². The molecule has 0 aliphatic heterocycles. The number of aliphatic hydroxyl groups excluding tert-OH is 2. The van der Waals surface area contributed by atoms with E-state index in [1.807, 2.05) is 6.07 Å². The van der Waals surface area contributed by atoms with E-state index in [0.29, 0.717) is 23.5 Å². The number of aliphatic hydroxyl groups is 2. The number of phenolic OH excluding ortho intramolecular Hbond substituents is 1. The molecule has 0 unspecified atom stereocenters. The van der Waals surface area contributed by atoms with Gasteiger partial charge in [-0.15, -0.1) is 0 Å². The van der Waals surface area contributed by atoms with Crippen LogP contribution < -0.4 is 0 Å². The van der Waals surface area contributed by atoms with Crippen LogP contribution in [0.5, 0.6) is 5.75 Å². The lowest BCUT2D eigenvalue weighted by Gasteiger charge is -2.49. The van der Waals surface area contributed by atoms with Gasteiger partial charge in [-0.25, -0.2) is 0 Å². The van der Waals surface area contributed by atoms with Crippen molar-refractivity contribution in [2.75, 3.05) is 0 Å². The Morgan fingerprint density at radius 2 is 2.00 bits per heavy atom. The summed E-state index contributed by atoms with van der Waals surface area (Å²) in [5.41, 5.74) is 2.57. The van der Waals surface area contributed by atoms with Crippen molar-refractivity contribution < 1.29 is 15.3 Å². The largest absolute Gasteiger partial charge is 0.508 e. The number of aryl methyl sites for hydroxylation is 1. The Labute approximate surface area is 125 Å². The van der Waals surface area contributed by atoms with Gasteiger partial charge in [-0.05, 0) is 78.5 Å². The molecule has 3 aliphatic carbocycles. The molecule has 0 saturated heterocycles. The van der Waals surface area contributed by atoms with E-state index in [2.05, 4.69) is 13.0 Å². The van der Waals surface area contributed by atoms with Gasteiger partial charge in [-0.3, -0.25) is 0 Å². The van der Waals surface area contributed by atoms with Gasteiger partial charge in [-0.1, -0.05) is 13.0 Å². The highest BCUT2D eigenvalue weighted by Gasteiger charge is 2.57. The normalized spacial score (nSPS) is 44.8. The third kappa shape index (κ3) is 1.80. The highest BCUT2D eigenvalue weighted by atomic mass is 16.3. The van der Waals surface area contributed by atoms with Gasteiger partial charge < -0.3 is 15.3 Å². The second-order valence-corrected chi connectivity index (χ2v) is 7.59. The van der Waals surface area contributed by atoms with E-state index in [1.165, 1.54) is 11.1 Å².